The SMILES string of the molecule is O=Cc1c(C(F)(F)F)nn(NS(=O)(=O)c2ccccc2)c1-c1ccccc1. The Balaban J connectivity index is 2.20. The lowest BCUT2D eigenvalue weighted by molar-refractivity contribution is -0.141. The molecule has 6 nitrogen and oxygen atoms in total. The van der Waals surface area contributed by atoms with Crippen LogP contribution in [0.5, 0.6) is 0 Å². The highest BCUT2D eigenvalue weighted by atomic mass is 32.2. The number of hydrogen-bond donors (Lipinski definition) is 1. The van der Waals surface area contributed by atoms with Gasteiger partial charge in [-0.15, -0.1) is 5.10 Å². The first-order valence-corrected chi connectivity index (χ1v) is 9.01. The third-order valence-corrected chi connectivity index (χ3v) is 4.92. The highest BCUT2D eigenvalue weighted by molar-refractivity contribution is 7.92. The molecule has 0 fully saturated rings. The fourth-order valence-electron chi connectivity index (χ4n) is 2.46. The number of benzene rings is 2. The first-order chi connectivity index (χ1) is 12.7. The smallest absolute Gasteiger partial charge is 0.298 e. The van der Waals surface area contributed by atoms with E-state index in [1.807, 2.05) is 4.83 Å². The van der Waals surface area contributed by atoms with E-state index in [0.29, 0.717) is 4.79 Å². The van der Waals surface area contributed by atoms with Gasteiger partial charge in [-0.3, -0.25) is 4.79 Å². The van der Waals surface area contributed by atoms with Crippen molar-refractivity contribution in [2.24, 2.45) is 0 Å². The molecule has 0 saturated carbocycles. The maximum atomic E-state index is 13.3. The molecule has 0 atom stereocenters. The van der Waals surface area contributed by atoms with Crippen molar-refractivity contribution in [1.29, 1.82) is 0 Å². The van der Waals surface area contributed by atoms with Gasteiger partial charge in [0.05, 0.1) is 10.5 Å². The van der Waals surface area contributed by atoms with Gasteiger partial charge >= 0.3 is 6.18 Å². The zero-order valence-electron chi connectivity index (χ0n) is 13.5. The van der Waals surface area contributed by atoms with Crippen LogP contribution in [0.1, 0.15) is 16.1 Å². The third-order valence-electron chi connectivity index (χ3n) is 3.62. The number of carbonyl (C=O) groups is 1. The van der Waals surface area contributed by atoms with Crippen LogP contribution in [0.2, 0.25) is 0 Å². The van der Waals surface area contributed by atoms with Crippen molar-refractivity contribution in [2.45, 2.75) is 11.1 Å². The summed E-state index contributed by atoms with van der Waals surface area (Å²) in [5.74, 6) is 0. The van der Waals surface area contributed by atoms with Crippen molar-refractivity contribution < 1.29 is 26.4 Å². The zero-order valence-corrected chi connectivity index (χ0v) is 14.3. The lowest BCUT2D eigenvalue weighted by Gasteiger charge is -2.11. The fourth-order valence-corrected chi connectivity index (χ4v) is 3.44. The summed E-state index contributed by atoms with van der Waals surface area (Å²) < 4.78 is 64.9. The summed E-state index contributed by atoms with van der Waals surface area (Å²) in [6, 6.07) is 14.7. The summed E-state index contributed by atoms with van der Waals surface area (Å²) in [4.78, 5) is 13.7. The summed E-state index contributed by atoms with van der Waals surface area (Å²) in [7, 11) is -4.23. The molecule has 10 heteroatoms. The number of aromatic nitrogens is 2. The van der Waals surface area contributed by atoms with Crippen LogP contribution in [0, 0.1) is 0 Å². The fraction of sp³-hybridized carbons (Fsp3) is 0.0588. The number of carbonyl (C=O) groups excluding carboxylic acids is 1. The molecule has 0 bridgehead atoms. The first kappa shape index (κ1) is 18.6. The molecule has 3 aromatic rings. The number of nitrogens with zero attached hydrogens (tertiary/aromatic N) is 2. The predicted octanol–water partition coefficient (Wildman–Crippen LogP) is 3.31. The maximum Gasteiger partial charge on any atom is 0.435 e. The lowest BCUT2D eigenvalue weighted by Crippen LogP contribution is -2.25. The number of halogens is 3. The minimum Gasteiger partial charge on any atom is -0.298 e. The van der Waals surface area contributed by atoms with Crippen molar-refractivity contribution in [1.82, 2.24) is 9.89 Å². The van der Waals surface area contributed by atoms with E-state index in [1.165, 1.54) is 36.4 Å². The molecule has 3 rings (SSSR count). The normalized spacial score (nSPS) is 12.0. The largest absolute Gasteiger partial charge is 0.435 e. The first-order valence-electron chi connectivity index (χ1n) is 7.53. The van der Waals surface area contributed by atoms with Gasteiger partial charge < -0.3 is 0 Å². The van der Waals surface area contributed by atoms with Crippen LogP contribution >= 0.6 is 0 Å². The van der Waals surface area contributed by atoms with Crippen LogP contribution in [-0.2, 0) is 16.2 Å². The van der Waals surface area contributed by atoms with Crippen molar-refractivity contribution in [2.75, 3.05) is 4.83 Å². The van der Waals surface area contributed by atoms with E-state index in [9.17, 15) is 26.4 Å². The highest BCUT2D eigenvalue weighted by Gasteiger charge is 2.40. The van der Waals surface area contributed by atoms with Crippen LogP contribution in [-0.4, -0.2) is 24.6 Å². The Hall–Kier alpha value is -3.14. The Morgan fingerprint density at radius 2 is 1.52 bits per heavy atom. The van der Waals surface area contributed by atoms with E-state index in [1.54, 1.807) is 24.3 Å². The Bertz CT molecular complexity index is 1060. The van der Waals surface area contributed by atoms with Crippen LogP contribution in [0.25, 0.3) is 11.3 Å². The van der Waals surface area contributed by atoms with Crippen LogP contribution < -0.4 is 4.83 Å². The van der Waals surface area contributed by atoms with Crippen molar-refractivity contribution in [3.63, 3.8) is 0 Å². The lowest BCUT2D eigenvalue weighted by atomic mass is 10.1. The highest BCUT2D eigenvalue weighted by Crippen LogP contribution is 2.35. The summed E-state index contributed by atoms with van der Waals surface area (Å²) in [6.07, 6.45) is -4.94. The van der Waals surface area contributed by atoms with Gasteiger partial charge in [0, 0.05) is 5.56 Å². The van der Waals surface area contributed by atoms with E-state index >= 15 is 0 Å². The molecule has 1 aromatic heterocycles. The molecule has 0 amide bonds. The van der Waals surface area contributed by atoms with Crippen molar-refractivity contribution in [3.05, 3.63) is 71.9 Å². The molecule has 1 N–H and O–H groups in total. The third kappa shape index (κ3) is 3.70. The minimum atomic E-state index is -4.94. The Kier molecular flexibility index (Phi) is 4.75. The van der Waals surface area contributed by atoms with E-state index in [4.69, 9.17) is 0 Å². The number of rotatable bonds is 5. The molecule has 0 aliphatic rings. The summed E-state index contributed by atoms with van der Waals surface area (Å²) in [6.45, 7) is 0. The van der Waals surface area contributed by atoms with Crippen molar-refractivity contribution >= 4 is 16.3 Å². The summed E-state index contributed by atoms with van der Waals surface area (Å²) in [5, 5.41) is 3.31. The van der Waals surface area contributed by atoms with E-state index in [-0.39, 0.29) is 22.4 Å². The second kappa shape index (κ2) is 6.88. The van der Waals surface area contributed by atoms with Gasteiger partial charge in [0.1, 0.15) is 5.69 Å². The predicted molar refractivity (Wildman–Crippen MR) is 91.0 cm³/mol. The van der Waals surface area contributed by atoms with Gasteiger partial charge in [-0.2, -0.15) is 31.2 Å². The molecule has 140 valence electrons. The van der Waals surface area contributed by atoms with Gasteiger partial charge in [-0.1, -0.05) is 48.5 Å². The maximum absolute atomic E-state index is 13.3. The van der Waals surface area contributed by atoms with Gasteiger partial charge in [-0.25, -0.2) is 0 Å². The molecule has 0 unspecified atom stereocenters. The quantitative estimate of drug-likeness (QED) is 0.672. The monoisotopic (exact) mass is 395 g/mol. The van der Waals surface area contributed by atoms with Crippen LogP contribution in [0.15, 0.2) is 65.6 Å². The standard InChI is InChI=1S/C17H12F3N3O3S/c18-17(19,20)16-14(11-24)15(12-7-3-1-4-8-12)23(21-16)22-27(25,26)13-9-5-2-6-10-13/h1-11,22H. The zero-order chi connectivity index (χ0) is 19.7. The summed E-state index contributed by atoms with van der Waals surface area (Å²) >= 11 is 0. The molecule has 0 spiro atoms. The van der Waals surface area contributed by atoms with Crippen molar-refractivity contribution in [3.8, 4) is 11.3 Å². The Labute approximate surface area is 152 Å². The molecular formula is C17H12F3N3O3S. The Morgan fingerprint density at radius 1 is 0.963 bits per heavy atom. The van der Waals surface area contributed by atoms with E-state index in [0.717, 1.165) is 0 Å². The molecule has 2 aromatic carbocycles. The molecule has 0 aliphatic carbocycles. The molecule has 0 saturated heterocycles. The second-order valence-corrected chi connectivity index (χ2v) is 7.07. The second-order valence-electron chi connectivity index (χ2n) is 5.41. The molecule has 1 heterocycles. The van der Waals surface area contributed by atoms with Crippen LogP contribution in [0.3, 0.4) is 0 Å². The number of hydrogen-bond acceptors (Lipinski definition) is 4. The average Bonchev–Trinajstić information content (AvgIpc) is 3.01. The van der Waals surface area contributed by atoms with E-state index < -0.39 is 27.5 Å². The number of alkyl halides is 3. The van der Waals surface area contributed by atoms with E-state index in [2.05, 4.69) is 5.10 Å². The van der Waals surface area contributed by atoms with Gasteiger partial charge in [0.2, 0.25) is 0 Å². The van der Waals surface area contributed by atoms with Crippen LogP contribution in [0.4, 0.5) is 13.2 Å². The number of aldehydes is 1. The molecular weight excluding hydrogens is 383 g/mol. The average molecular weight is 395 g/mol. The molecule has 0 radical (unpaired) electrons. The summed E-state index contributed by atoms with van der Waals surface area (Å²) in [5.41, 5.74) is -2.35. The van der Waals surface area contributed by atoms with Gasteiger partial charge in [0.25, 0.3) is 10.0 Å². The number of nitrogens with one attached hydrogen (secondary N) is 1. The van der Waals surface area contributed by atoms with Gasteiger partial charge in [0.15, 0.2) is 12.0 Å². The number of sulfonamides is 1. The Morgan fingerprint density at radius 3 is 2.04 bits per heavy atom. The minimum absolute atomic E-state index is 0.00543. The molecule has 27 heavy (non-hydrogen) atoms. The topological polar surface area (TPSA) is 81.1 Å². The molecule has 0 aliphatic heterocycles. The van der Waals surface area contributed by atoms with Gasteiger partial charge in [-0.05, 0) is 12.1 Å².